The molecule has 0 aliphatic heterocycles. The molecule has 0 fully saturated rings. The van der Waals surface area contributed by atoms with Gasteiger partial charge in [-0.25, -0.2) is 9.59 Å². The van der Waals surface area contributed by atoms with E-state index in [1.165, 1.54) is 12.1 Å². The minimum absolute atomic E-state index is 0.0250. The van der Waals surface area contributed by atoms with Crippen molar-refractivity contribution in [3.8, 4) is 0 Å². The maximum atomic E-state index is 11.3. The van der Waals surface area contributed by atoms with Crippen LogP contribution in [0.5, 0.6) is 0 Å². The van der Waals surface area contributed by atoms with Crippen LogP contribution >= 0.6 is 15.9 Å². The second kappa shape index (κ2) is 6.05. The summed E-state index contributed by atoms with van der Waals surface area (Å²) in [5.41, 5.74) is 0.143. The van der Waals surface area contributed by atoms with Gasteiger partial charge >= 0.3 is 12.1 Å². The van der Waals surface area contributed by atoms with Gasteiger partial charge in [-0.05, 0) is 28.1 Å². The molecule has 0 atom stereocenters. The Kier molecular flexibility index (Phi) is 4.71. The number of nitrogens with one attached hydrogen (secondary N) is 1. The lowest BCUT2D eigenvalue weighted by molar-refractivity contribution is 0.0697. The molecule has 1 rings (SSSR count). The number of ether oxygens (including phenoxy) is 1. The second-order valence-corrected chi connectivity index (χ2v) is 3.83. The van der Waals surface area contributed by atoms with E-state index in [2.05, 4.69) is 27.8 Å². The van der Waals surface area contributed by atoms with E-state index in [9.17, 15) is 9.59 Å². The number of amides is 1. The Morgan fingerprint density at radius 3 is 2.82 bits per heavy atom. The van der Waals surface area contributed by atoms with Crippen LogP contribution in [0.4, 0.5) is 10.5 Å². The van der Waals surface area contributed by atoms with Crippen molar-refractivity contribution in [2.45, 2.75) is 0 Å². The smallest absolute Gasteiger partial charge is 0.411 e. The highest BCUT2D eigenvalue weighted by Gasteiger charge is 2.15. The Hall–Kier alpha value is -1.82. The van der Waals surface area contributed by atoms with E-state index in [0.717, 1.165) is 0 Å². The van der Waals surface area contributed by atoms with E-state index >= 15 is 0 Å². The van der Waals surface area contributed by atoms with Crippen LogP contribution in [0, 0.1) is 0 Å². The Balaban J connectivity index is 2.91. The van der Waals surface area contributed by atoms with Crippen LogP contribution in [0.25, 0.3) is 0 Å². The number of carbonyl (C=O) groups excluding carboxylic acids is 1. The first-order chi connectivity index (χ1) is 8.06. The largest absolute Gasteiger partial charge is 0.478 e. The number of carbonyl (C=O) groups is 2. The van der Waals surface area contributed by atoms with Gasteiger partial charge in [0.15, 0.2) is 0 Å². The zero-order chi connectivity index (χ0) is 12.8. The predicted molar refractivity (Wildman–Crippen MR) is 66.3 cm³/mol. The molecule has 1 aromatic rings. The zero-order valence-electron chi connectivity index (χ0n) is 8.77. The van der Waals surface area contributed by atoms with Crippen LogP contribution in [0.1, 0.15) is 10.4 Å². The summed E-state index contributed by atoms with van der Waals surface area (Å²) >= 11 is 3.10. The summed E-state index contributed by atoms with van der Waals surface area (Å²) in [6.45, 7) is 3.45. The van der Waals surface area contributed by atoms with Gasteiger partial charge in [-0.1, -0.05) is 18.7 Å². The number of hydrogen-bond acceptors (Lipinski definition) is 3. The average Bonchev–Trinajstić information content (AvgIpc) is 2.25. The summed E-state index contributed by atoms with van der Waals surface area (Å²) in [6, 6.07) is 4.66. The van der Waals surface area contributed by atoms with Crippen molar-refractivity contribution in [3.05, 3.63) is 40.9 Å². The number of rotatable bonds is 4. The molecule has 1 amide bonds. The van der Waals surface area contributed by atoms with Gasteiger partial charge in [0.2, 0.25) is 0 Å². The van der Waals surface area contributed by atoms with Crippen molar-refractivity contribution in [2.75, 3.05) is 11.9 Å². The SMILES string of the molecule is C=CCOC(=O)Nc1cccc(Br)c1C(=O)O. The fourth-order valence-corrected chi connectivity index (χ4v) is 1.66. The van der Waals surface area contributed by atoms with E-state index in [0.29, 0.717) is 4.47 Å². The van der Waals surface area contributed by atoms with Gasteiger partial charge in [0.1, 0.15) is 6.61 Å². The summed E-state index contributed by atoms with van der Waals surface area (Å²) in [4.78, 5) is 22.3. The van der Waals surface area contributed by atoms with Crippen LogP contribution < -0.4 is 5.32 Å². The molecule has 0 saturated heterocycles. The maximum Gasteiger partial charge on any atom is 0.411 e. The highest BCUT2D eigenvalue weighted by molar-refractivity contribution is 9.10. The predicted octanol–water partition coefficient (Wildman–Crippen LogP) is 2.88. The molecule has 17 heavy (non-hydrogen) atoms. The molecule has 0 heterocycles. The molecule has 90 valence electrons. The summed E-state index contributed by atoms with van der Waals surface area (Å²) < 4.78 is 5.07. The quantitative estimate of drug-likeness (QED) is 0.838. The minimum Gasteiger partial charge on any atom is -0.478 e. The highest BCUT2D eigenvalue weighted by atomic mass is 79.9. The molecule has 0 aliphatic carbocycles. The highest BCUT2D eigenvalue weighted by Crippen LogP contribution is 2.24. The van der Waals surface area contributed by atoms with Gasteiger partial charge in [0, 0.05) is 4.47 Å². The lowest BCUT2D eigenvalue weighted by atomic mass is 10.2. The van der Waals surface area contributed by atoms with E-state index in [-0.39, 0.29) is 17.9 Å². The van der Waals surface area contributed by atoms with Crippen LogP contribution in [0.3, 0.4) is 0 Å². The van der Waals surface area contributed by atoms with Gasteiger partial charge in [-0.3, -0.25) is 5.32 Å². The molecule has 0 radical (unpaired) electrons. The van der Waals surface area contributed by atoms with Gasteiger partial charge < -0.3 is 9.84 Å². The lowest BCUT2D eigenvalue weighted by Crippen LogP contribution is -2.16. The van der Waals surface area contributed by atoms with Crippen molar-refractivity contribution in [1.82, 2.24) is 0 Å². The van der Waals surface area contributed by atoms with Crippen LogP contribution in [-0.4, -0.2) is 23.8 Å². The number of hydrogen-bond donors (Lipinski definition) is 2. The Bertz CT molecular complexity index is 459. The second-order valence-electron chi connectivity index (χ2n) is 2.98. The molecular formula is C11H10BrNO4. The lowest BCUT2D eigenvalue weighted by Gasteiger charge is -2.09. The Morgan fingerprint density at radius 2 is 2.24 bits per heavy atom. The third-order valence-electron chi connectivity index (χ3n) is 1.80. The summed E-state index contributed by atoms with van der Waals surface area (Å²) in [6.07, 6.45) is 0.684. The fraction of sp³-hybridized carbons (Fsp3) is 0.0909. The van der Waals surface area contributed by atoms with E-state index in [1.807, 2.05) is 0 Å². The summed E-state index contributed by atoms with van der Waals surface area (Å²) in [5, 5.41) is 11.3. The molecule has 6 heteroatoms. The van der Waals surface area contributed by atoms with Crippen LogP contribution in [0.2, 0.25) is 0 Å². The molecule has 1 aromatic carbocycles. The molecule has 0 unspecified atom stereocenters. The third kappa shape index (κ3) is 3.60. The van der Waals surface area contributed by atoms with Crippen molar-refractivity contribution < 1.29 is 19.4 Å². The first-order valence-corrected chi connectivity index (χ1v) is 5.42. The van der Waals surface area contributed by atoms with Crippen molar-refractivity contribution >= 4 is 33.7 Å². The van der Waals surface area contributed by atoms with Crippen molar-refractivity contribution in [3.63, 3.8) is 0 Å². The number of benzene rings is 1. The monoisotopic (exact) mass is 299 g/mol. The Labute approximate surface area is 106 Å². The number of halogens is 1. The molecule has 5 nitrogen and oxygen atoms in total. The molecule has 0 bridgehead atoms. The van der Waals surface area contributed by atoms with Crippen LogP contribution in [-0.2, 0) is 4.74 Å². The topological polar surface area (TPSA) is 75.6 Å². The van der Waals surface area contributed by atoms with Gasteiger partial charge in [0.05, 0.1) is 11.3 Å². The number of carboxylic acid groups (broad SMARTS) is 1. The fourth-order valence-electron chi connectivity index (χ4n) is 1.13. The molecule has 2 N–H and O–H groups in total. The normalized spacial score (nSPS) is 9.47. The number of anilines is 1. The van der Waals surface area contributed by atoms with E-state index in [4.69, 9.17) is 9.84 Å². The van der Waals surface area contributed by atoms with Crippen molar-refractivity contribution in [2.24, 2.45) is 0 Å². The Morgan fingerprint density at radius 1 is 1.53 bits per heavy atom. The first kappa shape index (κ1) is 13.2. The van der Waals surface area contributed by atoms with Crippen molar-refractivity contribution in [1.29, 1.82) is 0 Å². The maximum absolute atomic E-state index is 11.3. The molecule has 0 aromatic heterocycles. The summed E-state index contributed by atoms with van der Waals surface area (Å²) in [7, 11) is 0. The van der Waals surface area contributed by atoms with E-state index < -0.39 is 12.1 Å². The minimum atomic E-state index is -1.14. The van der Waals surface area contributed by atoms with Gasteiger partial charge in [-0.15, -0.1) is 0 Å². The summed E-state index contributed by atoms with van der Waals surface area (Å²) in [5.74, 6) is -1.14. The molecular weight excluding hydrogens is 290 g/mol. The number of carboxylic acids is 1. The standard InChI is InChI=1S/C11H10BrNO4/c1-2-6-17-11(16)13-8-5-3-4-7(12)9(8)10(14)15/h2-5H,1,6H2,(H,13,16)(H,14,15). The zero-order valence-corrected chi connectivity index (χ0v) is 10.4. The average molecular weight is 300 g/mol. The van der Waals surface area contributed by atoms with Crippen LogP contribution in [0.15, 0.2) is 35.3 Å². The number of aromatic carboxylic acids is 1. The van der Waals surface area contributed by atoms with E-state index in [1.54, 1.807) is 12.1 Å². The first-order valence-electron chi connectivity index (χ1n) is 4.62. The molecule has 0 aliphatic rings. The van der Waals surface area contributed by atoms with Gasteiger partial charge in [-0.2, -0.15) is 0 Å². The van der Waals surface area contributed by atoms with Gasteiger partial charge in [0.25, 0.3) is 0 Å². The molecule has 0 saturated carbocycles. The molecule has 0 spiro atoms. The third-order valence-corrected chi connectivity index (χ3v) is 2.46.